The Balaban J connectivity index is 1.99. The van der Waals surface area contributed by atoms with E-state index in [1.165, 1.54) is 6.07 Å². The number of ether oxygens (including phenoxy) is 2. The van der Waals surface area contributed by atoms with E-state index < -0.39 is 0 Å². The van der Waals surface area contributed by atoms with Crippen LogP contribution in [-0.2, 0) is 0 Å². The average Bonchev–Trinajstić information content (AvgIpc) is 3.07. The lowest BCUT2D eigenvalue weighted by Crippen LogP contribution is -1.88. The van der Waals surface area contributed by atoms with Gasteiger partial charge in [0.1, 0.15) is 17.3 Å². The van der Waals surface area contributed by atoms with Gasteiger partial charge in [-0.15, -0.1) is 11.3 Å². The van der Waals surface area contributed by atoms with Crippen LogP contribution in [0, 0.1) is 5.82 Å². The Labute approximate surface area is 155 Å². The molecule has 0 unspecified atom stereocenters. The molecule has 26 heavy (non-hydrogen) atoms. The van der Waals surface area contributed by atoms with Crippen molar-refractivity contribution in [3.8, 4) is 33.1 Å². The molecular formula is C22H17FO2S. The Morgan fingerprint density at radius 2 is 1.50 bits per heavy atom. The molecule has 0 radical (unpaired) electrons. The SMILES string of the molecule is COc1ccc(-c2sc3ccccc3c2-c2cc(F)cc(OC)c2)cc1. The molecule has 0 aliphatic rings. The van der Waals surface area contributed by atoms with Crippen LogP contribution in [0.15, 0.2) is 66.7 Å². The fourth-order valence-corrected chi connectivity index (χ4v) is 4.33. The van der Waals surface area contributed by atoms with Crippen molar-refractivity contribution < 1.29 is 13.9 Å². The largest absolute Gasteiger partial charge is 0.497 e. The van der Waals surface area contributed by atoms with Crippen molar-refractivity contribution in [1.29, 1.82) is 0 Å². The van der Waals surface area contributed by atoms with Crippen molar-refractivity contribution in [1.82, 2.24) is 0 Å². The van der Waals surface area contributed by atoms with E-state index in [1.54, 1.807) is 31.6 Å². The number of halogens is 1. The maximum absolute atomic E-state index is 14.1. The van der Waals surface area contributed by atoms with Crippen molar-refractivity contribution in [2.75, 3.05) is 14.2 Å². The lowest BCUT2D eigenvalue weighted by Gasteiger charge is -2.09. The number of methoxy groups -OCH3 is 2. The molecule has 0 atom stereocenters. The van der Waals surface area contributed by atoms with Crippen LogP contribution in [0.5, 0.6) is 11.5 Å². The van der Waals surface area contributed by atoms with Crippen LogP contribution < -0.4 is 9.47 Å². The zero-order chi connectivity index (χ0) is 18.1. The van der Waals surface area contributed by atoms with E-state index in [4.69, 9.17) is 9.47 Å². The molecule has 0 amide bonds. The first kappa shape index (κ1) is 16.6. The highest BCUT2D eigenvalue weighted by atomic mass is 32.1. The summed E-state index contributed by atoms with van der Waals surface area (Å²) in [6.45, 7) is 0. The molecular weight excluding hydrogens is 347 g/mol. The Hall–Kier alpha value is -2.85. The number of benzene rings is 3. The summed E-state index contributed by atoms with van der Waals surface area (Å²) in [5.41, 5.74) is 2.91. The summed E-state index contributed by atoms with van der Waals surface area (Å²) < 4.78 is 25.8. The Morgan fingerprint density at radius 1 is 0.769 bits per heavy atom. The molecule has 0 aliphatic carbocycles. The molecule has 0 saturated carbocycles. The summed E-state index contributed by atoms with van der Waals surface area (Å²) in [6.07, 6.45) is 0. The first-order valence-electron chi connectivity index (χ1n) is 8.20. The van der Waals surface area contributed by atoms with Gasteiger partial charge < -0.3 is 9.47 Å². The van der Waals surface area contributed by atoms with E-state index in [0.29, 0.717) is 5.75 Å². The molecule has 4 aromatic rings. The van der Waals surface area contributed by atoms with Crippen LogP contribution in [0.4, 0.5) is 4.39 Å². The summed E-state index contributed by atoms with van der Waals surface area (Å²) in [6, 6.07) is 21.0. The van der Waals surface area contributed by atoms with Crippen LogP contribution in [0.1, 0.15) is 0 Å². The van der Waals surface area contributed by atoms with Crippen LogP contribution in [0.3, 0.4) is 0 Å². The van der Waals surface area contributed by atoms with Crippen LogP contribution in [-0.4, -0.2) is 14.2 Å². The number of rotatable bonds is 4. The molecule has 0 fully saturated rings. The second kappa shape index (κ2) is 6.81. The van der Waals surface area contributed by atoms with Crippen molar-refractivity contribution in [3.05, 3.63) is 72.5 Å². The molecule has 4 rings (SSSR count). The van der Waals surface area contributed by atoms with E-state index in [2.05, 4.69) is 12.1 Å². The highest BCUT2D eigenvalue weighted by Crippen LogP contribution is 2.45. The zero-order valence-electron chi connectivity index (χ0n) is 14.5. The fraction of sp³-hybridized carbons (Fsp3) is 0.0909. The second-order valence-electron chi connectivity index (χ2n) is 5.91. The first-order valence-corrected chi connectivity index (χ1v) is 9.02. The van der Waals surface area contributed by atoms with E-state index in [1.807, 2.05) is 42.5 Å². The van der Waals surface area contributed by atoms with Gasteiger partial charge in [-0.1, -0.05) is 18.2 Å². The van der Waals surface area contributed by atoms with Gasteiger partial charge in [0.2, 0.25) is 0 Å². The first-order chi connectivity index (χ1) is 12.7. The molecule has 0 aliphatic heterocycles. The lowest BCUT2D eigenvalue weighted by atomic mass is 9.98. The van der Waals surface area contributed by atoms with Gasteiger partial charge in [0.25, 0.3) is 0 Å². The number of hydrogen-bond acceptors (Lipinski definition) is 3. The molecule has 4 heteroatoms. The monoisotopic (exact) mass is 364 g/mol. The van der Waals surface area contributed by atoms with E-state index in [0.717, 1.165) is 37.4 Å². The smallest absolute Gasteiger partial charge is 0.127 e. The maximum Gasteiger partial charge on any atom is 0.127 e. The van der Waals surface area contributed by atoms with E-state index >= 15 is 0 Å². The van der Waals surface area contributed by atoms with Gasteiger partial charge in [0.15, 0.2) is 0 Å². The van der Waals surface area contributed by atoms with Gasteiger partial charge in [-0.2, -0.15) is 0 Å². The minimum atomic E-state index is -0.310. The predicted octanol–water partition coefficient (Wildman–Crippen LogP) is 6.39. The molecule has 0 N–H and O–H groups in total. The number of hydrogen-bond donors (Lipinski definition) is 0. The van der Waals surface area contributed by atoms with Crippen LogP contribution >= 0.6 is 11.3 Å². The number of thiophene rings is 1. The third kappa shape index (κ3) is 2.93. The summed E-state index contributed by atoms with van der Waals surface area (Å²) >= 11 is 1.70. The number of fused-ring (bicyclic) bond motifs is 1. The molecule has 2 nitrogen and oxygen atoms in total. The fourth-order valence-electron chi connectivity index (χ4n) is 3.10. The highest BCUT2D eigenvalue weighted by molar-refractivity contribution is 7.23. The van der Waals surface area contributed by atoms with Gasteiger partial charge in [0, 0.05) is 26.6 Å². The molecule has 1 aromatic heterocycles. The summed E-state index contributed by atoms with van der Waals surface area (Å²) in [7, 11) is 3.20. The Morgan fingerprint density at radius 3 is 2.23 bits per heavy atom. The predicted molar refractivity (Wildman–Crippen MR) is 106 cm³/mol. The summed E-state index contributed by atoms with van der Waals surface area (Å²) in [5, 5.41) is 1.11. The van der Waals surface area contributed by atoms with Gasteiger partial charge in [-0.05, 0) is 53.6 Å². The Bertz CT molecular complexity index is 1070. The van der Waals surface area contributed by atoms with E-state index in [9.17, 15) is 4.39 Å². The molecule has 0 spiro atoms. The molecule has 130 valence electrons. The summed E-state index contributed by atoms with van der Waals surface area (Å²) in [4.78, 5) is 1.10. The van der Waals surface area contributed by atoms with Crippen molar-refractivity contribution in [2.45, 2.75) is 0 Å². The highest BCUT2D eigenvalue weighted by Gasteiger charge is 2.17. The topological polar surface area (TPSA) is 18.5 Å². The minimum Gasteiger partial charge on any atom is -0.497 e. The van der Waals surface area contributed by atoms with Crippen LogP contribution in [0.25, 0.3) is 31.7 Å². The zero-order valence-corrected chi connectivity index (χ0v) is 15.3. The van der Waals surface area contributed by atoms with Crippen molar-refractivity contribution >= 4 is 21.4 Å². The lowest BCUT2D eigenvalue weighted by molar-refractivity contribution is 0.411. The molecule has 0 saturated heterocycles. The van der Waals surface area contributed by atoms with Gasteiger partial charge in [0.05, 0.1) is 14.2 Å². The quantitative estimate of drug-likeness (QED) is 0.418. The van der Waals surface area contributed by atoms with Gasteiger partial charge in [-0.25, -0.2) is 4.39 Å². The normalized spacial score (nSPS) is 10.9. The minimum absolute atomic E-state index is 0.310. The Kier molecular flexibility index (Phi) is 4.35. The van der Waals surface area contributed by atoms with Crippen molar-refractivity contribution in [3.63, 3.8) is 0 Å². The maximum atomic E-state index is 14.1. The third-order valence-corrected chi connectivity index (χ3v) is 5.56. The van der Waals surface area contributed by atoms with E-state index in [-0.39, 0.29) is 5.82 Å². The van der Waals surface area contributed by atoms with Crippen LogP contribution in [0.2, 0.25) is 0 Å². The third-order valence-electron chi connectivity index (χ3n) is 4.34. The molecule has 3 aromatic carbocycles. The van der Waals surface area contributed by atoms with Crippen molar-refractivity contribution in [2.24, 2.45) is 0 Å². The van der Waals surface area contributed by atoms with Gasteiger partial charge >= 0.3 is 0 Å². The molecule has 1 heterocycles. The standard InChI is InChI=1S/C22H17FO2S/c1-24-17-9-7-14(8-10-17)22-21(19-5-3-4-6-20(19)26-22)15-11-16(23)13-18(12-15)25-2/h3-13H,1-2H3. The second-order valence-corrected chi connectivity index (χ2v) is 6.96. The van der Waals surface area contributed by atoms with Gasteiger partial charge in [-0.3, -0.25) is 0 Å². The summed E-state index contributed by atoms with van der Waals surface area (Å²) in [5.74, 6) is 1.01. The molecule has 0 bridgehead atoms. The average molecular weight is 364 g/mol.